The molecule has 2 aliphatic heterocycles. The van der Waals surface area contributed by atoms with E-state index < -0.39 is 5.97 Å². The third kappa shape index (κ3) is 3.87. The number of carbonyl (C=O) groups excluding carboxylic acids is 3. The normalized spacial score (nSPS) is 13.7. The maximum Gasteiger partial charge on any atom is 0.343 e. The number of anilines is 2. The number of aryl methyl sites for hydroxylation is 2. The van der Waals surface area contributed by atoms with Gasteiger partial charge in [-0.25, -0.2) is 19.0 Å². The minimum absolute atomic E-state index is 0.291. The number of ether oxygens (including phenoxy) is 2. The molecule has 0 saturated heterocycles. The van der Waals surface area contributed by atoms with Gasteiger partial charge in [-0.15, -0.1) is 0 Å². The Morgan fingerprint density at radius 1 is 0.967 bits per heavy atom. The van der Waals surface area contributed by atoms with Gasteiger partial charge in [0.25, 0.3) is 0 Å². The first-order valence-corrected chi connectivity index (χ1v) is 9.87. The maximum absolute atomic E-state index is 11.7. The highest BCUT2D eigenvalue weighted by Crippen LogP contribution is 2.28. The van der Waals surface area contributed by atoms with Crippen LogP contribution in [-0.2, 0) is 27.4 Å². The molecule has 0 aromatic carbocycles. The summed E-state index contributed by atoms with van der Waals surface area (Å²) in [6.07, 6.45) is 0.711. The van der Waals surface area contributed by atoms with Crippen LogP contribution in [0.25, 0.3) is 0 Å². The first-order chi connectivity index (χ1) is 14.4. The van der Waals surface area contributed by atoms with Crippen molar-refractivity contribution in [2.24, 2.45) is 0 Å². The molecule has 2 aromatic heterocycles. The van der Waals surface area contributed by atoms with Crippen molar-refractivity contribution in [2.75, 3.05) is 36.5 Å². The lowest BCUT2D eigenvalue weighted by Crippen LogP contribution is -2.20. The Bertz CT molecular complexity index is 963. The average Bonchev–Trinajstić information content (AvgIpc) is 3.42. The molecule has 11 nitrogen and oxygen atoms in total. The summed E-state index contributed by atoms with van der Waals surface area (Å²) in [7, 11) is 0. The summed E-state index contributed by atoms with van der Waals surface area (Å²) >= 11 is 0. The molecule has 1 N–H and O–H groups in total. The number of esters is 2. The second-order valence-corrected chi connectivity index (χ2v) is 6.71. The largest absolute Gasteiger partial charge is 0.462 e. The van der Waals surface area contributed by atoms with Gasteiger partial charge in [-0.2, -0.15) is 10.2 Å². The van der Waals surface area contributed by atoms with Gasteiger partial charge in [0.15, 0.2) is 0 Å². The minimum atomic E-state index is -0.421. The standard InChI is InChI=1S/C10H13N3O3.C9H13N3O2/c1-3-16-10(15)8-7(2)11-13-5-4-12(6-14)9(8)13;1-3-14-9(13)7-6(2)11-12-5-4-10-8(7)12/h6H,3-5H2,1-2H3;10H,3-5H2,1-2H3. The molecule has 0 saturated carbocycles. The smallest absolute Gasteiger partial charge is 0.343 e. The molecule has 0 aliphatic carbocycles. The Hall–Kier alpha value is -3.37. The molecule has 0 fully saturated rings. The van der Waals surface area contributed by atoms with Crippen molar-refractivity contribution in [3.8, 4) is 0 Å². The summed E-state index contributed by atoms with van der Waals surface area (Å²) in [5.41, 5.74) is 2.29. The van der Waals surface area contributed by atoms with E-state index in [0.717, 1.165) is 24.6 Å². The number of fused-ring (bicyclic) bond motifs is 2. The van der Waals surface area contributed by atoms with Crippen molar-refractivity contribution in [1.82, 2.24) is 19.6 Å². The van der Waals surface area contributed by atoms with Crippen LogP contribution in [0.4, 0.5) is 11.6 Å². The molecule has 0 spiro atoms. The van der Waals surface area contributed by atoms with Gasteiger partial charge in [0.05, 0.1) is 37.7 Å². The second kappa shape index (κ2) is 8.97. The lowest BCUT2D eigenvalue weighted by molar-refractivity contribution is -0.107. The third-order valence-electron chi connectivity index (χ3n) is 4.76. The Kier molecular flexibility index (Phi) is 6.38. The van der Waals surface area contributed by atoms with Crippen LogP contribution in [0.2, 0.25) is 0 Å². The predicted molar refractivity (Wildman–Crippen MR) is 108 cm³/mol. The quantitative estimate of drug-likeness (QED) is 0.567. The molecule has 2 aliphatic rings. The molecule has 2 aromatic rings. The number of amides is 1. The van der Waals surface area contributed by atoms with Crippen LogP contribution in [0, 0.1) is 13.8 Å². The van der Waals surface area contributed by atoms with E-state index in [4.69, 9.17) is 9.47 Å². The van der Waals surface area contributed by atoms with Crippen LogP contribution >= 0.6 is 0 Å². The van der Waals surface area contributed by atoms with Gasteiger partial charge in [0.2, 0.25) is 6.41 Å². The van der Waals surface area contributed by atoms with Crippen molar-refractivity contribution in [3.63, 3.8) is 0 Å². The summed E-state index contributed by atoms with van der Waals surface area (Å²) < 4.78 is 13.4. The SMILES string of the molecule is CCOC(=O)c1c(C)nn2c1N(C=O)CC2.CCOC(=O)c1c(C)nn2c1NCC2. The highest BCUT2D eigenvalue weighted by molar-refractivity contribution is 5.99. The topological polar surface area (TPSA) is 121 Å². The van der Waals surface area contributed by atoms with E-state index in [2.05, 4.69) is 15.5 Å². The molecule has 4 heterocycles. The number of hydrogen-bond acceptors (Lipinski definition) is 8. The van der Waals surface area contributed by atoms with Gasteiger partial charge in [0.1, 0.15) is 22.8 Å². The van der Waals surface area contributed by atoms with Crippen molar-refractivity contribution in [2.45, 2.75) is 40.8 Å². The highest BCUT2D eigenvalue weighted by Gasteiger charge is 2.30. The van der Waals surface area contributed by atoms with Gasteiger partial charge in [0, 0.05) is 13.1 Å². The van der Waals surface area contributed by atoms with Crippen LogP contribution < -0.4 is 10.2 Å². The van der Waals surface area contributed by atoms with E-state index in [1.165, 1.54) is 4.90 Å². The first-order valence-electron chi connectivity index (χ1n) is 9.87. The lowest BCUT2D eigenvalue weighted by atomic mass is 10.2. The summed E-state index contributed by atoms with van der Waals surface area (Å²) in [4.78, 5) is 35.6. The summed E-state index contributed by atoms with van der Waals surface area (Å²) in [5.74, 6) is 0.627. The van der Waals surface area contributed by atoms with Gasteiger partial charge in [-0.3, -0.25) is 9.69 Å². The zero-order valence-electron chi connectivity index (χ0n) is 17.6. The first kappa shape index (κ1) is 21.3. The average molecular weight is 418 g/mol. The number of carbonyl (C=O) groups is 3. The highest BCUT2D eigenvalue weighted by atomic mass is 16.5. The number of nitrogens with one attached hydrogen (secondary N) is 1. The monoisotopic (exact) mass is 418 g/mol. The lowest BCUT2D eigenvalue weighted by Gasteiger charge is -2.09. The molecule has 0 unspecified atom stereocenters. The van der Waals surface area contributed by atoms with Gasteiger partial charge >= 0.3 is 11.9 Å². The zero-order valence-corrected chi connectivity index (χ0v) is 17.6. The fourth-order valence-electron chi connectivity index (χ4n) is 3.52. The molecule has 0 bridgehead atoms. The Morgan fingerprint density at radius 3 is 2.20 bits per heavy atom. The van der Waals surface area contributed by atoms with E-state index in [-0.39, 0.29) is 5.97 Å². The second-order valence-electron chi connectivity index (χ2n) is 6.71. The van der Waals surface area contributed by atoms with E-state index in [9.17, 15) is 14.4 Å². The van der Waals surface area contributed by atoms with Gasteiger partial charge < -0.3 is 14.8 Å². The molecular formula is C19H26N6O5. The molecular weight excluding hydrogens is 392 g/mol. The fraction of sp³-hybridized carbons (Fsp3) is 0.526. The molecule has 4 rings (SSSR count). The molecule has 11 heteroatoms. The summed E-state index contributed by atoms with van der Waals surface area (Å²) in [6, 6.07) is 0. The maximum atomic E-state index is 11.7. The molecule has 162 valence electrons. The summed E-state index contributed by atoms with van der Waals surface area (Å²) in [5, 5.41) is 11.6. The number of hydrogen-bond donors (Lipinski definition) is 1. The number of rotatable bonds is 5. The Morgan fingerprint density at radius 2 is 1.57 bits per heavy atom. The third-order valence-corrected chi connectivity index (χ3v) is 4.76. The van der Waals surface area contributed by atoms with E-state index >= 15 is 0 Å². The number of nitrogens with zero attached hydrogens (tertiary/aromatic N) is 5. The van der Waals surface area contributed by atoms with Gasteiger partial charge in [-0.05, 0) is 27.7 Å². The van der Waals surface area contributed by atoms with E-state index in [1.807, 2.05) is 11.6 Å². The molecule has 30 heavy (non-hydrogen) atoms. The van der Waals surface area contributed by atoms with E-state index in [1.54, 1.807) is 25.5 Å². The van der Waals surface area contributed by atoms with Crippen molar-refractivity contribution in [3.05, 3.63) is 22.5 Å². The molecule has 1 amide bonds. The van der Waals surface area contributed by atoms with Crippen molar-refractivity contribution >= 4 is 30.0 Å². The Labute approximate surface area is 173 Å². The Balaban J connectivity index is 0.000000172. The predicted octanol–water partition coefficient (Wildman–Crippen LogP) is 1.14. The van der Waals surface area contributed by atoms with Crippen LogP contribution in [0.15, 0.2) is 0 Å². The van der Waals surface area contributed by atoms with Crippen molar-refractivity contribution < 1.29 is 23.9 Å². The summed E-state index contributed by atoms with van der Waals surface area (Å²) in [6.45, 7) is 10.6. The minimum Gasteiger partial charge on any atom is -0.462 e. The van der Waals surface area contributed by atoms with Crippen LogP contribution in [0.3, 0.4) is 0 Å². The van der Waals surface area contributed by atoms with Gasteiger partial charge in [-0.1, -0.05) is 0 Å². The van der Waals surface area contributed by atoms with Crippen LogP contribution in [-0.4, -0.2) is 64.2 Å². The van der Waals surface area contributed by atoms with Crippen LogP contribution in [0.1, 0.15) is 46.0 Å². The number of aromatic nitrogens is 4. The van der Waals surface area contributed by atoms with Crippen LogP contribution in [0.5, 0.6) is 0 Å². The van der Waals surface area contributed by atoms with Crippen molar-refractivity contribution in [1.29, 1.82) is 0 Å². The fourth-order valence-corrected chi connectivity index (χ4v) is 3.52. The molecule has 0 atom stereocenters. The zero-order chi connectivity index (χ0) is 21.8. The van der Waals surface area contributed by atoms with E-state index in [0.29, 0.717) is 55.4 Å². The molecule has 0 radical (unpaired) electrons.